The molecule has 0 spiro atoms. The number of hydrogen-bond donors (Lipinski definition) is 2. The van der Waals surface area contributed by atoms with E-state index in [9.17, 15) is 9.90 Å². The summed E-state index contributed by atoms with van der Waals surface area (Å²) >= 11 is 0. The van der Waals surface area contributed by atoms with Gasteiger partial charge in [-0.3, -0.25) is 4.79 Å². The van der Waals surface area contributed by atoms with Crippen LogP contribution in [-0.2, 0) is 6.42 Å². The number of aliphatic hydroxyl groups excluding tert-OH is 1. The second-order valence-electron chi connectivity index (χ2n) is 8.21. The molecule has 1 aromatic heterocycles. The second-order valence-corrected chi connectivity index (χ2v) is 8.21. The molecule has 0 amide bonds. The Bertz CT molecular complexity index is 1390. The summed E-state index contributed by atoms with van der Waals surface area (Å²) in [6, 6.07) is 24.7. The first kappa shape index (κ1) is 21.7. The number of fused-ring (bicyclic) bond motifs is 1. The molecule has 34 heavy (non-hydrogen) atoms. The minimum atomic E-state index is -0.225. The fourth-order valence-corrected chi connectivity index (χ4v) is 4.43. The van der Waals surface area contributed by atoms with Gasteiger partial charge in [0.25, 0.3) is 5.91 Å². The second kappa shape index (κ2) is 9.00. The van der Waals surface area contributed by atoms with Crippen molar-refractivity contribution in [1.82, 2.24) is 9.78 Å². The third-order valence-electron chi connectivity index (χ3n) is 5.95. The normalized spacial score (nSPS) is 13.2. The van der Waals surface area contributed by atoms with Crippen LogP contribution in [0, 0.1) is 0 Å². The van der Waals surface area contributed by atoms with Crippen molar-refractivity contribution >= 4 is 11.5 Å². The van der Waals surface area contributed by atoms with E-state index in [4.69, 9.17) is 14.9 Å². The molecular weight excluding hydrogens is 428 g/mol. The van der Waals surface area contributed by atoms with Crippen LogP contribution in [0.15, 0.2) is 84.4 Å². The van der Waals surface area contributed by atoms with Gasteiger partial charge in [-0.2, -0.15) is 9.78 Å². The van der Waals surface area contributed by atoms with Gasteiger partial charge in [-0.15, -0.1) is 0 Å². The molecule has 5 rings (SSSR count). The van der Waals surface area contributed by atoms with Crippen molar-refractivity contribution in [2.75, 3.05) is 13.2 Å². The molecule has 0 unspecified atom stereocenters. The molecule has 2 heterocycles. The maximum Gasteiger partial charge on any atom is 0.279 e. The van der Waals surface area contributed by atoms with Gasteiger partial charge in [-0.05, 0) is 30.2 Å². The van der Waals surface area contributed by atoms with Gasteiger partial charge in [-0.1, -0.05) is 72.3 Å². The van der Waals surface area contributed by atoms with Crippen LogP contribution < -0.4 is 4.74 Å². The topological polar surface area (TPSA) is 84.6 Å². The number of nitrogens with zero attached hydrogens (tertiary/aromatic N) is 2. The Balaban J connectivity index is 1.65. The first-order chi connectivity index (χ1) is 16.6. The predicted molar refractivity (Wildman–Crippen MR) is 131 cm³/mol. The van der Waals surface area contributed by atoms with E-state index in [1.54, 1.807) is 12.1 Å². The molecule has 4 aromatic rings. The number of carbonyl (C=O) groups excluding carboxylic acids is 1. The third kappa shape index (κ3) is 3.78. The molecule has 1 aliphatic rings. The Morgan fingerprint density at radius 1 is 0.941 bits per heavy atom. The third-order valence-corrected chi connectivity index (χ3v) is 5.95. The largest absolute Gasteiger partial charge is 0.504 e. The number of aromatic nitrogens is 2. The SMILES string of the molecule is CC1=C(c2ccc(O)c(OCCO)c2)C(=O)n2nc(-c3ccccc3)c(-c3ccccc3)c2C1. The van der Waals surface area contributed by atoms with Crippen molar-refractivity contribution in [2.45, 2.75) is 13.3 Å². The first-order valence-electron chi connectivity index (χ1n) is 11.1. The van der Waals surface area contributed by atoms with Gasteiger partial charge in [0.1, 0.15) is 12.3 Å². The molecule has 2 N–H and O–H groups in total. The van der Waals surface area contributed by atoms with Crippen LogP contribution in [0.2, 0.25) is 0 Å². The molecule has 6 heteroatoms. The maximum absolute atomic E-state index is 13.8. The fraction of sp³-hybridized carbons (Fsp3) is 0.143. The molecule has 170 valence electrons. The standard InChI is InChI=1S/C28H24N2O4/c1-18-16-22-26(19-8-4-2-5-9-19)27(20-10-6-3-7-11-20)29-30(22)28(33)25(18)21-12-13-23(32)24(17-21)34-15-14-31/h2-13,17,31-32H,14-16H2,1H3. The summed E-state index contributed by atoms with van der Waals surface area (Å²) in [7, 11) is 0. The van der Waals surface area contributed by atoms with E-state index < -0.39 is 0 Å². The van der Waals surface area contributed by atoms with Crippen molar-refractivity contribution in [3.8, 4) is 33.9 Å². The lowest BCUT2D eigenvalue weighted by atomic mass is 9.90. The summed E-state index contributed by atoms with van der Waals surface area (Å²) in [6.07, 6.45) is 0.554. The lowest BCUT2D eigenvalue weighted by Crippen LogP contribution is -2.23. The van der Waals surface area contributed by atoms with Gasteiger partial charge >= 0.3 is 0 Å². The van der Waals surface area contributed by atoms with Crippen molar-refractivity contribution in [3.63, 3.8) is 0 Å². The van der Waals surface area contributed by atoms with E-state index >= 15 is 0 Å². The van der Waals surface area contributed by atoms with Crippen LogP contribution in [-0.4, -0.2) is 39.1 Å². The Kier molecular flexibility index (Phi) is 5.74. The number of hydrogen-bond acceptors (Lipinski definition) is 5. The van der Waals surface area contributed by atoms with Crippen LogP contribution in [0.1, 0.15) is 23.0 Å². The number of rotatable bonds is 6. The zero-order valence-electron chi connectivity index (χ0n) is 18.7. The number of ether oxygens (including phenoxy) is 1. The summed E-state index contributed by atoms with van der Waals surface area (Å²) in [5, 5.41) is 24.0. The number of allylic oxidation sites excluding steroid dienone is 2. The van der Waals surface area contributed by atoms with Crippen LogP contribution >= 0.6 is 0 Å². The van der Waals surface area contributed by atoms with Gasteiger partial charge in [0, 0.05) is 23.1 Å². The highest BCUT2D eigenvalue weighted by Gasteiger charge is 2.31. The number of aliphatic hydroxyl groups is 1. The Hall–Kier alpha value is -4.16. The van der Waals surface area contributed by atoms with Gasteiger partial charge in [0.05, 0.1) is 12.3 Å². The molecule has 3 aromatic carbocycles. The number of phenolic OH excluding ortho intramolecular Hbond substituents is 1. The summed E-state index contributed by atoms with van der Waals surface area (Å²) in [4.78, 5) is 13.8. The Morgan fingerprint density at radius 3 is 2.29 bits per heavy atom. The van der Waals surface area contributed by atoms with E-state index in [2.05, 4.69) is 0 Å². The van der Waals surface area contributed by atoms with Gasteiger partial charge in [-0.25, -0.2) is 0 Å². The van der Waals surface area contributed by atoms with Crippen molar-refractivity contribution in [2.24, 2.45) is 0 Å². The molecular formula is C28H24N2O4. The van der Waals surface area contributed by atoms with E-state index in [0.29, 0.717) is 17.6 Å². The number of phenols is 1. The lowest BCUT2D eigenvalue weighted by molar-refractivity contribution is 0.0958. The minimum Gasteiger partial charge on any atom is -0.504 e. The van der Waals surface area contributed by atoms with E-state index in [1.807, 2.05) is 67.6 Å². The molecule has 0 atom stereocenters. The Morgan fingerprint density at radius 2 is 1.62 bits per heavy atom. The van der Waals surface area contributed by atoms with E-state index in [0.717, 1.165) is 33.7 Å². The fourth-order valence-electron chi connectivity index (χ4n) is 4.43. The molecule has 0 radical (unpaired) electrons. The van der Waals surface area contributed by atoms with Crippen molar-refractivity contribution in [3.05, 3.63) is 95.7 Å². The number of aromatic hydroxyl groups is 1. The van der Waals surface area contributed by atoms with Crippen LogP contribution in [0.3, 0.4) is 0 Å². The zero-order valence-corrected chi connectivity index (χ0v) is 18.7. The number of carbonyl (C=O) groups is 1. The minimum absolute atomic E-state index is 0.0452. The summed E-state index contributed by atoms with van der Waals surface area (Å²) in [5.74, 6) is -0.0472. The Labute approximate surface area is 197 Å². The zero-order chi connectivity index (χ0) is 23.7. The lowest BCUT2D eigenvalue weighted by Gasteiger charge is -2.20. The van der Waals surface area contributed by atoms with Crippen LogP contribution in [0.25, 0.3) is 28.0 Å². The highest BCUT2D eigenvalue weighted by molar-refractivity contribution is 6.23. The maximum atomic E-state index is 13.8. The molecule has 0 aliphatic carbocycles. The van der Waals surface area contributed by atoms with Crippen LogP contribution in [0.5, 0.6) is 11.5 Å². The van der Waals surface area contributed by atoms with Gasteiger partial charge in [0.15, 0.2) is 11.5 Å². The molecule has 6 nitrogen and oxygen atoms in total. The first-order valence-corrected chi connectivity index (χ1v) is 11.1. The van der Waals surface area contributed by atoms with Gasteiger partial charge < -0.3 is 14.9 Å². The summed E-state index contributed by atoms with van der Waals surface area (Å²) in [5.41, 5.74) is 6.61. The quantitative estimate of drug-likeness (QED) is 0.432. The van der Waals surface area contributed by atoms with Crippen molar-refractivity contribution < 1.29 is 19.7 Å². The summed E-state index contributed by atoms with van der Waals surface area (Å²) in [6.45, 7) is 1.82. The molecule has 0 saturated carbocycles. The molecule has 1 aliphatic heterocycles. The van der Waals surface area contributed by atoms with Crippen LogP contribution in [0.4, 0.5) is 0 Å². The average molecular weight is 453 g/mol. The van der Waals surface area contributed by atoms with E-state index in [-0.39, 0.29) is 30.6 Å². The molecule has 0 fully saturated rings. The van der Waals surface area contributed by atoms with Crippen molar-refractivity contribution in [1.29, 1.82) is 0 Å². The smallest absolute Gasteiger partial charge is 0.279 e. The predicted octanol–water partition coefficient (Wildman–Crippen LogP) is 4.96. The van der Waals surface area contributed by atoms with E-state index in [1.165, 1.54) is 10.7 Å². The monoisotopic (exact) mass is 452 g/mol. The number of benzene rings is 3. The molecule has 0 saturated heterocycles. The summed E-state index contributed by atoms with van der Waals surface area (Å²) < 4.78 is 6.95. The average Bonchev–Trinajstić information content (AvgIpc) is 3.25. The highest BCUT2D eigenvalue weighted by atomic mass is 16.5. The molecule has 0 bridgehead atoms. The van der Waals surface area contributed by atoms with Gasteiger partial charge in [0.2, 0.25) is 0 Å². The highest BCUT2D eigenvalue weighted by Crippen LogP contribution is 2.40.